The number of carbonyl (C=O) groups is 2. The first-order valence-electron chi connectivity index (χ1n) is 9.53. The Bertz CT molecular complexity index is 1180. The van der Waals surface area contributed by atoms with Crippen molar-refractivity contribution in [1.82, 2.24) is 5.32 Å². The van der Waals surface area contributed by atoms with Gasteiger partial charge in [-0.15, -0.1) is 0 Å². The van der Waals surface area contributed by atoms with E-state index in [2.05, 4.69) is 5.32 Å². The maximum atomic E-state index is 13.0. The third-order valence-electron chi connectivity index (χ3n) is 4.24. The van der Waals surface area contributed by atoms with Crippen molar-refractivity contribution in [3.05, 3.63) is 75.1 Å². The van der Waals surface area contributed by atoms with Gasteiger partial charge in [-0.05, 0) is 44.9 Å². The molecule has 0 saturated heterocycles. The van der Waals surface area contributed by atoms with E-state index in [9.17, 15) is 14.4 Å². The third kappa shape index (κ3) is 5.64. The summed E-state index contributed by atoms with van der Waals surface area (Å²) in [4.78, 5) is 37.0. The summed E-state index contributed by atoms with van der Waals surface area (Å²) >= 11 is 6.29. The highest BCUT2D eigenvalue weighted by molar-refractivity contribution is 6.33. The minimum Gasteiger partial charge on any atom is -0.444 e. The van der Waals surface area contributed by atoms with Crippen molar-refractivity contribution < 1.29 is 23.5 Å². The van der Waals surface area contributed by atoms with E-state index in [0.29, 0.717) is 16.5 Å². The predicted octanol–water partition coefficient (Wildman–Crippen LogP) is 4.93. The van der Waals surface area contributed by atoms with Gasteiger partial charge < -0.3 is 19.2 Å². The molecule has 3 rings (SSSR count). The Morgan fingerprint density at radius 1 is 1.10 bits per heavy atom. The molecule has 0 fully saturated rings. The zero-order valence-corrected chi connectivity index (χ0v) is 18.3. The molecule has 1 amide bonds. The second-order valence-electron chi connectivity index (χ2n) is 7.94. The lowest BCUT2D eigenvalue weighted by atomic mass is 10.1. The van der Waals surface area contributed by atoms with E-state index in [4.69, 9.17) is 25.5 Å². The van der Waals surface area contributed by atoms with Gasteiger partial charge in [0, 0.05) is 17.5 Å². The average Bonchev–Trinajstić information content (AvgIpc) is 2.66. The summed E-state index contributed by atoms with van der Waals surface area (Å²) in [6.07, 6.45) is -0.774. The molecule has 0 aliphatic rings. The van der Waals surface area contributed by atoms with E-state index in [1.165, 1.54) is 12.1 Å². The van der Waals surface area contributed by atoms with Gasteiger partial charge >= 0.3 is 17.7 Å². The van der Waals surface area contributed by atoms with Crippen LogP contribution in [0, 0.1) is 6.92 Å². The van der Waals surface area contributed by atoms with Crippen LogP contribution < -0.4 is 15.7 Å². The zero-order chi connectivity index (χ0) is 22.8. The summed E-state index contributed by atoms with van der Waals surface area (Å²) in [5.74, 6) is -0.784. The number of ether oxygens (including phenoxy) is 2. The molecular weight excluding hydrogens is 422 g/mol. The Morgan fingerprint density at radius 3 is 2.42 bits per heavy atom. The molecule has 1 heterocycles. The molecule has 3 aromatic rings. The van der Waals surface area contributed by atoms with Gasteiger partial charge in [-0.2, -0.15) is 0 Å². The number of halogens is 1. The van der Waals surface area contributed by atoms with Crippen molar-refractivity contribution in [3.63, 3.8) is 0 Å². The lowest BCUT2D eigenvalue weighted by Crippen LogP contribution is -2.39. The zero-order valence-electron chi connectivity index (χ0n) is 17.5. The fraction of sp³-hybridized carbons (Fsp3) is 0.261. The van der Waals surface area contributed by atoms with E-state index >= 15 is 0 Å². The topological polar surface area (TPSA) is 94.8 Å². The number of hydrogen-bond donors (Lipinski definition) is 1. The summed E-state index contributed by atoms with van der Waals surface area (Å²) in [6.45, 7) is 6.89. The maximum absolute atomic E-state index is 13.0. The van der Waals surface area contributed by atoms with Crippen LogP contribution >= 0.6 is 11.6 Å². The Hall–Kier alpha value is -3.32. The smallest absolute Gasteiger partial charge is 0.408 e. The second-order valence-corrected chi connectivity index (χ2v) is 8.35. The van der Waals surface area contributed by atoms with Crippen molar-refractivity contribution >= 4 is 34.6 Å². The van der Waals surface area contributed by atoms with E-state index < -0.39 is 29.3 Å². The number of amides is 1. The van der Waals surface area contributed by atoms with Crippen LogP contribution in [0.15, 0.2) is 57.7 Å². The molecule has 0 radical (unpaired) electrons. The number of fused-ring (bicyclic) bond motifs is 1. The molecule has 1 atom stereocenters. The van der Waals surface area contributed by atoms with Gasteiger partial charge in [-0.1, -0.05) is 41.9 Å². The fourth-order valence-corrected chi connectivity index (χ4v) is 3.12. The summed E-state index contributed by atoms with van der Waals surface area (Å²) in [7, 11) is 0. The van der Waals surface area contributed by atoms with Crippen LogP contribution in [0.25, 0.3) is 11.0 Å². The van der Waals surface area contributed by atoms with Crippen molar-refractivity contribution in [1.29, 1.82) is 0 Å². The fourth-order valence-electron chi connectivity index (χ4n) is 2.91. The number of hydrogen-bond acceptors (Lipinski definition) is 6. The molecular formula is C23H22ClNO6. The van der Waals surface area contributed by atoms with Crippen LogP contribution in [-0.2, 0) is 9.53 Å². The Kier molecular flexibility index (Phi) is 6.36. The number of nitrogens with one attached hydrogen (secondary N) is 1. The van der Waals surface area contributed by atoms with E-state index in [0.717, 1.165) is 0 Å². The first-order valence-corrected chi connectivity index (χ1v) is 9.91. The highest BCUT2D eigenvalue weighted by Crippen LogP contribution is 2.32. The van der Waals surface area contributed by atoms with Gasteiger partial charge in [0.2, 0.25) is 0 Å². The molecule has 2 aromatic carbocycles. The largest absolute Gasteiger partial charge is 0.444 e. The highest BCUT2D eigenvalue weighted by Gasteiger charge is 2.28. The molecule has 1 unspecified atom stereocenters. The van der Waals surface area contributed by atoms with Crippen molar-refractivity contribution in [3.8, 4) is 5.75 Å². The molecule has 0 bridgehead atoms. The van der Waals surface area contributed by atoms with E-state index in [1.807, 2.05) is 0 Å². The van der Waals surface area contributed by atoms with Crippen LogP contribution in [0.2, 0.25) is 5.02 Å². The van der Waals surface area contributed by atoms with Gasteiger partial charge in [0.15, 0.2) is 11.8 Å². The molecule has 1 N–H and O–H groups in total. The number of rotatable bonds is 4. The van der Waals surface area contributed by atoms with Gasteiger partial charge in [0.1, 0.15) is 11.2 Å². The number of esters is 1. The molecule has 0 spiro atoms. The van der Waals surface area contributed by atoms with Crippen LogP contribution in [0.1, 0.15) is 37.9 Å². The van der Waals surface area contributed by atoms with Crippen LogP contribution in [0.5, 0.6) is 5.75 Å². The number of alkyl carbamates (subject to hydrolysis) is 1. The summed E-state index contributed by atoms with van der Waals surface area (Å²) in [5.41, 5.74) is 0.135. The van der Waals surface area contributed by atoms with Gasteiger partial charge in [0.25, 0.3) is 0 Å². The molecule has 31 heavy (non-hydrogen) atoms. The van der Waals surface area contributed by atoms with Crippen LogP contribution in [0.4, 0.5) is 4.79 Å². The SMILES string of the molecule is Cc1cc(=O)oc2cc(OC(=O)C(NC(=O)OC(C)(C)C)c3ccccc3)c(Cl)cc12. The van der Waals surface area contributed by atoms with E-state index in [1.54, 1.807) is 64.1 Å². The van der Waals surface area contributed by atoms with Gasteiger partial charge in [0.05, 0.1) is 5.02 Å². The number of benzene rings is 2. The van der Waals surface area contributed by atoms with Crippen LogP contribution in [-0.4, -0.2) is 17.7 Å². The Balaban J connectivity index is 1.92. The number of aryl methyl sites for hydroxylation is 1. The molecule has 0 aliphatic heterocycles. The summed E-state index contributed by atoms with van der Waals surface area (Å²) < 4.78 is 15.9. The van der Waals surface area contributed by atoms with Gasteiger partial charge in [-0.25, -0.2) is 14.4 Å². The second kappa shape index (κ2) is 8.81. The summed E-state index contributed by atoms with van der Waals surface area (Å²) in [6, 6.07) is 11.7. The molecule has 1 aromatic heterocycles. The minimum absolute atomic E-state index is 0.000151. The van der Waals surface area contributed by atoms with Crippen molar-refractivity contribution in [2.45, 2.75) is 39.3 Å². The lowest BCUT2D eigenvalue weighted by Gasteiger charge is -2.23. The maximum Gasteiger partial charge on any atom is 0.408 e. The molecule has 0 aliphatic carbocycles. The van der Waals surface area contributed by atoms with Crippen LogP contribution in [0.3, 0.4) is 0 Å². The Morgan fingerprint density at radius 2 is 1.77 bits per heavy atom. The number of carbonyl (C=O) groups excluding carboxylic acids is 2. The molecule has 162 valence electrons. The lowest BCUT2D eigenvalue weighted by molar-refractivity contribution is -0.137. The first-order chi connectivity index (χ1) is 14.5. The van der Waals surface area contributed by atoms with Crippen molar-refractivity contribution in [2.75, 3.05) is 0 Å². The third-order valence-corrected chi connectivity index (χ3v) is 4.54. The average molecular weight is 444 g/mol. The predicted molar refractivity (Wildman–Crippen MR) is 116 cm³/mol. The monoisotopic (exact) mass is 443 g/mol. The molecule has 0 saturated carbocycles. The normalized spacial score (nSPS) is 12.3. The molecule has 7 nitrogen and oxygen atoms in total. The molecule has 8 heteroatoms. The van der Waals surface area contributed by atoms with E-state index in [-0.39, 0.29) is 16.4 Å². The Labute approximate surface area is 183 Å². The summed E-state index contributed by atoms with van der Waals surface area (Å²) in [5, 5.41) is 3.31. The minimum atomic E-state index is -1.15. The first kappa shape index (κ1) is 22.4. The van der Waals surface area contributed by atoms with Crippen molar-refractivity contribution in [2.24, 2.45) is 0 Å². The quantitative estimate of drug-likeness (QED) is 0.349. The van der Waals surface area contributed by atoms with Gasteiger partial charge in [-0.3, -0.25) is 0 Å². The standard InChI is InChI=1S/C23H22ClNO6/c1-13-10-19(26)29-17-12-18(16(24)11-15(13)17)30-21(27)20(14-8-6-5-7-9-14)25-22(28)31-23(2,3)4/h5-12,20H,1-4H3,(H,25,28). The highest BCUT2D eigenvalue weighted by atomic mass is 35.5.